The average molecular weight is 360 g/mol. The Morgan fingerprint density at radius 2 is 1.78 bits per heavy atom. The molecule has 0 saturated heterocycles. The highest BCUT2D eigenvalue weighted by atomic mass is 14.7. The quantitative estimate of drug-likeness (QED) is 0.481. The second-order valence-corrected chi connectivity index (χ2v) is 8.40. The molecule has 0 fully saturated rings. The standard InChI is InChI=1S/C26H33N/c1-8-12-20-19(5)27-25-16-21(17(3)9-2)24(15-22(20)25)26(6,7)23-14-11-10-13-18(23)4/h8,10-17,27H,9H2,1-7H3/b12-8-. The van der Waals surface area contributed by atoms with Gasteiger partial charge in [-0.3, -0.25) is 0 Å². The van der Waals surface area contributed by atoms with E-state index >= 15 is 0 Å². The number of H-pyrrole nitrogens is 1. The summed E-state index contributed by atoms with van der Waals surface area (Å²) < 4.78 is 0. The molecule has 0 aliphatic rings. The maximum absolute atomic E-state index is 3.61. The van der Waals surface area contributed by atoms with E-state index in [2.05, 4.69) is 102 Å². The van der Waals surface area contributed by atoms with Crippen molar-refractivity contribution < 1.29 is 0 Å². The van der Waals surface area contributed by atoms with Gasteiger partial charge in [-0.15, -0.1) is 0 Å². The van der Waals surface area contributed by atoms with Gasteiger partial charge in [0.15, 0.2) is 0 Å². The van der Waals surface area contributed by atoms with Gasteiger partial charge in [-0.25, -0.2) is 0 Å². The summed E-state index contributed by atoms with van der Waals surface area (Å²) in [5, 5.41) is 1.33. The van der Waals surface area contributed by atoms with Crippen molar-refractivity contribution in [3.8, 4) is 0 Å². The molecule has 1 heterocycles. The maximum atomic E-state index is 3.61. The number of hydrogen-bond acceptors (Lipinski definition) is 0. The molecule has 1 heteroatoms. The van der Waals surface area contributed by atoms with E-state index in [1.807, 2.05) is 0 Å². The predicted octanol–water partition coefficient (Wildman–Crippen LogP) is 7.66. The number of aromatic nitrogens is 1. The SMILES string of the molecule is C/C=C\c1c(C)[nH]c2cc(C(C)CC)c(C(C)(C)c3ccccc3C)cc12. The largest absolute Gasteiger partial charge is 0.358 e. The van der Waals surface area contributed by atoms with E-state index in [-0.39, 0.29) is 5.41 Å². The monoisotopic (exact) mass is 359 g/mol. The summed E-state index contributed by atoms with van der Waals surface area (Å²) >= 11 is 0. The van der Waals surface area contributed by atoms with Crippen molar-refractivity contribution in [2.24, 2.45) is 0 Å². The van der Waals surface area contributed by atoms with Crippen LogP contribution in [0, 0.1) is 13.8 Å². The highest BCUT2D eigenvalue weighted by molar-refractivity contribution is 5.92. The molecule has 3 aromatic rings. The molecule has 3 rings (SSSR count). The van der Waals surface area contributed by atoms with Crippen LogP contribution in [0.15, 0.2) is 42.5 Å². The summed E-state index contributed by atoms with van der Waals surface area (Å²) in [6.07, 6.45) is 5.50. The third-order valence-corrected chi connectivity index (χ3v) is 6.17. The van der Waals surface area contributed by atoms with Gasteiger partial charge in [-0.1, -0.05) is 64.1 Å². The van der Waals surface area contributed by atoms with Crippen LogP contribution in [0.25, 0.3) is 17.0 Å². The van der Waals surface area contributed by atoms with Crippen molar-refractivity contribution in [3.05, 3.63) is 76.0 Å². The Bertz CT molecular complexity index is 985. The van der Waals surface area contributed by atoms with Crippen LogP contribution in [0.1, 0.15) is 80.5 Å². The maximum Gasteiger partial charge on any atom is 0.0465 e. The lowest BCUT2D eigenvalue weighted by Gasteiger charge is -2.32. The molecule has 0 spiro atoms. The molecule has 2 aromatic carbocycles. The van der Waals surface area contributed by atoms with E-state index < -0.39 is 0 Å². The molecular weight excluding hydrogens is 326 g/mol. The Hall–Kier alpha value is -2.28. The van der Waals surface area contributed by atoms with Crippen LogP contribution in [0.3, 0.4) is 0 Å². The Labute approximate surface area is 164 Å². The fourth-order valence-electron chi connectivity index (χ4n) is 4.38. The number of rotatable bonds is 5. The number of aryl methyl sites for hydroxylation is 2. The summed E-state index contributed by atoms with van der Waals surface area (Å²) in [5.41, 5.74) is 9.44. The highest BCUT2D eigenvalue weighted by Crippen LogP contribution is 2.41. The van der Waals surface area contributed by atoms with E-state index in [1.165, 1.54) is 44.4 Å². The number of hydrogen-bond donors (Lipinski definition) is 1. The molecule has 0 radical (unpaired) electrons. The van der Waals surface area contributed by atoms with Gasteiger partial charge in [-0.05, 0) is 67.5 Å². The molecule has 1 unspecified atom stereocenters. The Balaban J connectivity index is 2.35. The third-order valence-electron chi connectivity index (χ3n) is 6.17. The minimum atomic E-state index is -0.0450. The van der Waals surface area contributed by atoms with Crippen molar-refractivity contribution in [2.45, 2.75) is 66.2 Å². The zero-order chi connectivity index (χ0) is 19.8. The molecule has 0 aliphatic heterocycles. The van der Waals surface area contributed by atoms with Gasteiger partial charge in [0.25, 0.3) is 0 Å². The fourth-order valence-corrected chi connectivity index (χ4v) is 4.38. The smallest absolute Gasteiger partial charge is 0.0465 e. The molecule has 0 amide bonds. The van der Waals surface area contributed by atoms with Crippen LogP contribution in [0.5, 0.6) is 0 Å². The van der Waals surface area contributed by atoms with Crippen LogP contribution in [0.2, 0.25) is 0 Å². The van der Waals surface area contributed by atoms with E-state index in [9.17, 15) is 0 Å². The summed E-state index contributed by atoms with van der Waals surface area (Å²) in [6, 6.07) is 13.7. The van der Waals surface area contributed by atoms with Crippen molar-refractivity contribution in [1.29, 1.82) is 0 Å². The van der Waals surface area contributed by atoms with Crippen molar-refractivity contribution >= 4 is 17.0 Å². The highest BCUT2D eigenvalue weighted by Gasteiger charge is 2.29. The van der Waals surface area contributed by atoms with E-state index in [1.54, 1.807) is 0 Å². The molecule has 1 aromatic heterocycles. The van der Waals surface area contributed by atoms with Crippen LogP contribution < -0.4 is 0 Å². The third kappa shape index (κ3) is 3.36. The molecule has 1 atom stereocenters. The molecule has 1 nitrogen and oxygen atoms in total. The van der Waals surface area contributed by atoms with Gasteiger partial charge in [0.1, 0.15) is 0 Å². The van der Waals surface area contributed by atoms with Crippen LogP contribution in [-0.2, 0) is 5.41 Å². The first-order valence-electron chi connectivity index (χ1n) is 10.2. The number of nitrogens with one attached hydrogen (secondary N) is 1. The molecule has 0 aliphatic carbocycles. The lowest BCUT2D eigenvalue weighted by Crippen LogP contribution is -2.23. The van der Waals surface area contributed by atoms with E-state index in [4.69, 9.17) is 0 Å². The first-order chi connectivity index (χ1) is 12.8. The molecule has 142 valence electrons. The van der Waals surface area contributed by atoms with Gasteiger partial charge in [-0.2, -0.15) is 0 Å². The normalized spacial score (nSPS) is 13.6. The van der Waals surface area contributed by atoms with Crippen molar-refractivity contribution in [3.63, 3.8) is 0 Å². The number of fused-ring (bicyclic) bond motifs is 1. The molecule has 1 N–H and O–H groups in total. The second kappa shape index (κ2) is 7.38. The molecule has 0 bridgehead atoms. The number of benzene rings is 2. The lowest BCUT2D eigenvalue weighted by molar-refractivity contribution is 0.610. The summed E-state index contributed by atoms with van der Waals surface area (Å²) in [5.74, 6) is 0.529. The van der Waals surface area contributed by atoms with Crippen molar-refractivity contribution in [1.82, 2.24) is 4.98 Å². The Kier molecular flexibility index (Phi) is 5.33. The van der Waals surface area contributed by atoms with Gasteiger partial charge < -0.3 is 4.98 Å². The predicted molar refractivity (Wildman–Crippen MR) is 120 cm³/mol. The van der Waals surface area contributed by atoms with E-state index in [0.29, 0.717) is 5.92 Å². The Morgan fingerprint density at radius 1 is 1.07 bits per heavy atom. The minimum Gasteiger partial charge on any atom is -0.358 e. The number of aromatic amines is 1. The number of allylic oxidation sites excluding steroid dienone is 1. The fraction of sp³-hybridized carbons (Fsp3) is 0.385. The van der Waals surface area contributed by atoms with Gasteiger partial charge in [0, 0.05) is 27.6 Å². The summed E-state index contributed by atoms with van der Waals surface area (Å²) in [7, 11) is 0. The zero-order valence-electron chi connectivity index (χ0n) is 17.9. The molecular formula is C26H33N. The summed E-state index contributed by atoms with van der Waals surface area (Å²) in [4.78, 5) is 3.61. The van der Waals surface area contributed by atoms with E-state index in [0.717, 1.165) is 6.42 Å². The first-order valence-corrected chi connectivity index (χ1v) is 10.2. The first kappa shape index (κ1) is 19.5. The minimum absolute atomic E-state index is 0.0450. The van der Waals surface area contributed by atoms with Crippen LogP contribution in [0.4, 0.5) is 0 Å². The topological polar surface area (TPSA) is 15.8 Å². The van der Waals surface area contributed by atoms with Crippen LogP contribution >= 0.6 is 0 Å². The molecule has 0 saturated carbocycles. The van der Waals surface area contributed by atoms with Crippen molar-refractivity contribution in [2.75, 3.05) is 0 Å². The molecule has 27 heavy (non-hydrogen) atoms. The van der Waals surface area contributed by atoms with Crippen LogP contribution in [-0.4, -0.2) is 4.98 Å². The van der Waals surface area contributed by atoms with Gasteiger partial charge in [0.05, 0.1) is 0 Å². The van der Waals surface area contributed by atoms with Gasteiger partial charge >= 0.3 is 0 Å². The van der Waals surface area contributed by atoms with Gasteiger partial charge in [0.2, 0.25) is 0 Å². The summed E-state index contributed by atoms with van der Waals surface area (Å²) in [6.45, 7) is 15.9. The zero-order valence-corrected chi connectivity index (χ0v) is 17.9. The Morgan fingerprint density at radius 3 is 2.41 bits per heavy atom. The lowest BCUT2D eigenvalue weighted by atomic mass is 9.72. The second-order valence-electron chi connectivity index (χ2n) is 8.40. The average Bonchev–Trinajstić information content (AvgIpc) is 2.95.